The number of hydrogen-bond donors (Lipinski definition) is 3. The molecule has 0 atom stereocenters. The van der Waals surface area contributed by atoms with Crippen molar-refractivity contribution in [1.82, 2.24) is 4.98 Å². The van der Waals surface area contributed by atoms with Crippen molar-refractivity contribution in [3.05, 3.63) is 22.3 Å². The highest BCUT2D eigenvalue weighted by Crippen LogP contribution is 2.19. The number of hydrogen-bond acceptors (Lipinski definition) is 2. The van der Waals surface area contributed by atoms with Crippen molar-refractivity contribution in [2.24, 2.45) is 5.73 Å². The Balaban J connectivity index is 2.93. The molecular formula is C7H9BrN4. The summed E-state index contributed by atoms with van der Waals surface area (Å²) in [6.45, 7) is 1.94. The van der Waals surface area contributed by atoms with Crippen molar-refractivity contribution in [3.63, 3.8) is 0 Å². The minimum atomic E-state index is -0.118. The maximum absolute atomic E-state index is 6.99. The molecule has 1 heterocycles. The van der Waals surface area contributed by atoms with Crippen LogP contribution in [0.15, 0.2) is 16.7 Å². The largest absolute Gasteiger partial charge is 0.370 e. The first-order valence-electron chi connectivity index (χ1n) is 3.33. The molecule has 0 saturated carbocycles. The summed E-state index contributed by atoms with van der Waals surface area (Å²) in [5, 5.41) is 9.59. The Bertz CT molecular complexity index is 310. The van der Waals surface area contributed by atoms with Gasteiger partial charge in [-0.1, -0.05) is 0 Å². The van der Waals surface area contributed by atoms with Crippen molar-refractivity contribution in [2.45, 2.75) is 6.92 Å². The van der Waals surface area contributed by atoms with Gasteiger partial charge in [0.05, 0.1) is 4.47 Å². The smallest absolute Gasteiger partial charge is 0.191 e. The van der Waals surface area contributed by atoms with Gasteiger partial charge in [-0.2, -0.15) is 0 Å². The van der Waals surface area contributed by atoms with Crippen molar-refractivity contribution in [2.75, 3.05) is 5.32 Å². The molecule has 0 saturated heterocycles. The lowest BCUT2D eigenvalue weighted by atomic mass is 10.3. The highest BCUT2D eigenvalue weighted by Gasteiger charge is 2.00. The van der Waals surface area contributed by atoms with Crippen LogP contribution in [0.4, 0.5) is 5.82 Å². The number of nitrogens with one attached hydrogen (secondary N) is 2. The van der Waals surface area contributed by atoms with Gasteiger partial charge < -0.3 is 11.1 Å². The molecule has 64 valence electrons. The van der Waals surface area contributed by atoms with Crippen LogP contribution in [0, 0.1) is 12.3 Å². The summed E-state index contributed by atoms with van der Waals surface area (Å²) in [5.74, 6) is 0.445. The van der Waals surface area contributed by atoms with E-state index in [1.165, 1.54) is 0 Å². The Morgan fingerprint density at radius 2 is 2.42 bits per heavy atom. The maximum Gasteiger partial charge on any atom is 0.191 e. The summed E-state index contributed by atoms with van der Waals surface area (Å²) in [5.41, 5.74) is 6.19. The average Bonchev–Trinajstić information content (AvgIpc) is 1.94. The third-order valence-electron chi connectivity index (χ3n) is 1.23. The first-order chi connectivity index (χ1) is 5.59. The standard InChI is InChI=1S/C7H9BrN4/c1-4-2-5(8)6(11-3-4)12-7(9)10/h2-3H,1H3,(H4,9,10,11,12). The average molecular weight is 229 g/mol. The van der Waals surface area contributed by atoms with E-state index in [-0.39, 0.29) is 5.96 Å². The van der Waals surface area contributed by atoms with Crippen LogP contribution in [-0.2, 0) is 0 Å². The number of halogens is 1. The quantitative estimate of drug-likeness (QED) is 0.504. The topological polar surface area (TPSA) is 74.8 Å². The summed E-state index contributed by atoms with van der Waals surface area (Å²) < 4.78 is 0.803. The molecule has 0 unspecified atom stereocenters. The summed E-state index contributed by atoms with van der Waals surface area (Å²) >= 11 is 3.30. The fraction of sp³-hybridized carbons (Fsp3) is 0.143. The summed E-state index contributed by atoms with van der Waals surface area (Å²) in [7, 11) is 0. The van der Waals surface area contributed by atoms with Gasteiger partial charge in [0.1, 0.15) is 5.82 Å². The second kappa shape index (κ2) is 3.53. The molecule has 0 aliphatic carbocycles. The van der Waals surface area contributed by atoms with Gasteiger partial charge in [0.25, 0.3) is 0 Å². The highest BCUT2D eigenvalue weighted by molar-refractivity contribution is 9.10. The molecule has 0 fully saturated rings. The monoisotopic (exact) mass is 228 g/mol. The van der Waals surface area contributed by atoms with Gasteiger partial charge in [0, 0.05) is 6.20 Å². The Labute approximate surface area is 78.8 Å². The minimum Gasteiger partial charge on any atom is -0.370 e. The van der Waals surface area contributed by atoms with E-state index < -0.39 is 0 Å². The predicted octanol–water partition coefficient (Wildman–Crippen LogP) is 1.46. The maximum atomic E-state index is 6.99. The van der Waals surface area contributed by atoms with E-state index in [4.69, 9.17) is 11.1 Å². The number of pyridine rings is 1. The molecule has 0 spiro atoms. The van der Waals surface area contributed by atoms with Crippen LogP contribution in [0.5, 0.6) is 0 Å². The van der Waals surface area contributed by atoms with Gasteiger partial charge in [0.2, 0.25) is 0 Å². The number of guanidine groups is 1. The fourth-order valence-electron chi connectivity index (χ4n) is 0.753. The Morgan fingerprint density at radius 1 is 1.75 bits per heavy atom. The van der Waals surface area contributed by atoms with E-state index in [9.17, 15) is 0 Å². The van der Waals surface area contributed by atoms with E-state index in [1.54, 1.807) is 6.20 Å². The summed E-state index contributed by atoms with van der Waals surface area (Å²) in [6, 6.07) is 1.90. The van der Waals surface area contributed by atoms with Gasteiger partial charge in [-0.15, -0.1) is 0 Å². The molecule has 0 aliphatic rings. The Kier molecular flexibility index (Phi) is 2.65. The number of nitrogens with two attached hydrogens (primary N) is 1. The van der Waals surface area contributed by atoms with E-state index in [1.807, 2.05) is 13.0 Å². The molecule has 0 aliphatic heterocycles. The Morgan fingerprint density at radius 3 is 2.92 bits per heavy atom. The molecule has 1 aromatic heterocycles. The lowest BCUT2D eigenvalue weighted by molar-refractivity contribution is 1.24. The third-order valence-corrected chi connectivity index (χ3v) is 1.84. The molecule has 5 heteroatoms. The van der Waals surface area contributed by atoms with Crippen LogP contribution in [0.1, 0.15) is 5.56 Å². The van der Waals surface area contributed by atoms with E-state index in [2.05, 4.69) is 26.2 Å². The highest BCUT2D eigenvalue weighted by atomic mass is 79.9. The number of aromatic nitrogens is 1. The number of aryl methyl sites for hydroxylation is 1. The van der Waals surface area contributed by atoms with Crippen LogP contribution in [-0.4, -0.2) is 10.9 Å². The fourth-order valence-corrected chi connectivity index (χ4v) is 1.32. The SMILES string of the molecule is Cc1cnc(NC(=N)N)c(Br)c1. The zero-order valence-corrected chi connectivity index (χ0v) is 8.14. The number of nitrogens with zero attached hydrogens (tertiary/aromatic N) is 1. The molecule has 4 nitrogen and oxygen atoms in total. The normalized spacial score (nSPS) is 9.50. The second-order valence-corrected chi connectivity index (χ2v) is 3.24. The van der Waals surface area contributed by atoms with Gasteiger partial charge in [-0.25, -0.2) is 4.98 Å². The van der Waals surface area contributed by atoms with Crippen LogP contribution >= 0.6 is 15.9 Å². The molecular weight excluding hydrogens is 220 g/mol. The van der Waals surface area contributed by atoms with Gasteiger partial charge >= 0.3 is 0 Å². The van der Waals surface area contributed by atoms with Crippen molar-refractivity contribution in [1.29, 1.82) is 5.41 Å². The second-order valence-electron chi connectivity index (χ2n) is 2.38. The number of anilines is 1. The lowest BCUT2D eigenvalue weighted by Gasteiger charge is -2.04. The predicted molar refractivity (Wildman–Crippen MR) is 52.2 cm³/mol. The Hall–Kier alpha value is -1.10. The van der Waals surface area contributed by atoms with Gasteiger partial charge in [-0.05, 0) is 34.5 Å². The molecule has 0 aromatic carbocycles. The summed E-state index contributed by atoms with van der Waals surface area (Å²) in [6.07, 6.45) is 1.70. The molecule has 12 heavy (non-hydrogen) atoms. The van der Waals surface area contributed by atoms with Gasteiger partial charge in [-0.3, -0.25) is 5.41 Å². The minimum absolute atomic E-state index is 0.118. The van der Waals surface area contributed by atoms with Crippen LogP contribution in [0.2, 0.25) is 0 Å². The van der Waals surface area contributed by atoms with Crippen LogP contribution < -0.4 is 11.1 Å². The van der Waals surface area contributed by atoms with E-state index in [0.29, 0.717) is 5.82 Å². The zero-order valence-electron chi connectivity index (χ0n) is 6.56. The first-order valence-corrected chi connectivity index (χ1v) is 4.12. The van der Waals surface area contributed by atoms with Crippen LogP contribution in [0.3, 0.4) is 0 Å². The van der Waals surface area contributed by atoms with E-state index in [0.717, 1.165) is 10.0 Å². The zero-order chi connectivity index (χ0) is 9.14. The lowest BCUT2D eigenvalue weighted by Crippen LogP contribution is -2.21. The van der Waals surface area contributed by atoms with Crippen molar-refractivity contribution >= 4 is 27.7 Å². The third kappa shape index (κ3) is 2.20. The molecule has 0 bridgehead atoms. The number of rotatable bonds is 1. The van der Waals surface area contributed by atoms with Crippen molar-refractivity contribution < 1.29 is 0 Å². The molecule has 1 aromatic rings. The molecule has 0 amide bonds. The van der Waals surface area contributed by atoms with E-state index >= 15 is 0 Å². The molecule has 1 rings (SSSR count). The first kappa shape index (κ1) is 8.99. The molecule has 0 radical (unpaired) electrons. The summed E-state index contributed by atoms with van der Waals surface area (Å²) in [4.78, 5) is 4.04. The van der Waals surface area contributed by atoms with Crippen LogP contribution in [0.25, 0.3) is 0 Å². The van der Waals surface area contributed by atoms with Crippen molar-refractivity contribution in [3.8, 4) is 0 Å². The molecule has 4 N–H and O–H groups in total. The van der Waals surface area contributed by atoms with Gasteiger partial charge in [0.15, 0.2) is 5.96 Å².